The number of halogens is 1. The average Bonchev–Trinajstić information content (AvgIpc) is 2.78. The van der Waals surface area contributed by atoms with Crippen molar-refractivity contribution >= 4 is 11.6 Å². The lowest BCUT2D eigenvalue weighted by molar-refractivity contribution is 0.189. The highest BCUT2D eigenvalue weighted by Gasteiger charge is 2.11. The van der Waals surface area contributed by atoms with E-state index < -0.39 is 6.10 Å². The van der Waals surface area contributed by atoms with Gasteiger partial charge in [-0.3, -0.25) is 4.68 Å². The zero-order chi connectivity index (χ0) is 14.7. The molecule has 1 heterocycles. The molecule has 0 aliphatic carbocycles. The Labute approximate surface area is 123 Å². The number of nitrogens with zero attached hydrogens (tertiary/aromatic N) is 2. The van der Waals surface area contributed by atoms with E-state index in [-0.39, 0.29) is 0 Å². The first-order valence-electron chi connectivity index (χ1n) is 6.63. The van der Waals surface area contributed by atoms with Crippen molar-refractivity contribution in [2.45, 2.75) is 33.0 Å². The van der Waals surface area contributed by atoms with Gasteiger partial charge in [0.05, 0.1) is 17.5 Å². The molecule has 0 aliphatic heterocycles. The lowest BCUT2D eigenvalue weighted by Crippen LogP contribution is -2.05. The fraction of sp³-hybridized carbons (Fsp3) is 0.400. The molecular weight excluding hydrogens is 276 g/mol. The van der Waals surface area contributed by atoms with Crippen molar-refractivity contribution in [1.29, 1.82) is 0 Å². The summed E-state index contributed by atoms with van der Waals surface area (Å²) in [4.78, 5) is 0. The molecule has 0 amide bonds. The van der Waals surface area contributed by atoms with Crippen molar-refractivity contribution in [1.82, 2.24) is 9.78 Å². The summed E-state index contributed by atoms with van der Waals surface area (Å²) < 4.78 is 7.61. The number of benzene rings is 1. The summed E-state index contributed by atoms with van der Waals surface area (Å²) in [6, 6.07) is 7.28. The predicted molar refractivity (Wildman–Crippen MR) is 79.0 cm³/mol. The lowest BCUT2D eigenvalue weighted by Gasteiger charge is -2.13. The van der Waals surface area contributed by atoms with E-state index in [2.05, 4.69) is 12.0 Å². The summed E-state index contributed by atoms with van der Waals surface area (Å²) in [6.07, 6.45) is 0.273. The Bertz CT molecular complexity index is 594. The summed E-state index contributed by atoms with van der Waals surface area (Å²) in [5.74, 6) is 0.642. The van der Waals surface area contributed by atoms with Crippen molar-refractivity contribution in [2.75, 3.05) is 0 Å². The van der Waals surface area contributed by atoms with Crippen molar-refractivity contribution in [3.05, 3.63) is 46.2 Å². The largest absolute Gasteiger partial charge is 0.487 e. The van der Waals surface area contributed by atoms with Crippen LogP contribution in [-0.2, 0) is 20.1 Å². The van der Waals surface area contributed by atoms with Crippen LogP contribution in [0.1, 0.15) is 36.9 Å². The van der Waals surface area contributed by atoms with Crippen LogP contribution in [0.4, 0.5) is 0 Å². The Morgan fingerprint density at radius 3 is 2.75 bits per heavy atom. The van der Waals surface area contributed by atoms with Crippen LogP contribution < -0.4 is 4.74 Å². The van der Waals surface area contributed by atoms with E-state index in [0.717, 1.165) is 17.8 Å². The molecule has 2 rings (SSSR count). The molecule has 1 aromatic carbocycles. The molecule has 1 N–H and O–H groups in total. The fourth-order valence-electron chi connectivity index (χ4n) is 2.01. The quantitative estimate of drug-likeness (QED) is 0.920. The van der Waals surface area contributed by atoms with E-state index in [1.54, 1.807) is 25.1 Å². The van der Waals surface area contributed by atoms with Crippen molar-refractivity contribution in [2.24, 2.45) is 7.05 Å². The minimum Gasteiger partial charge on any atom is -0.487 e. The normalized spacial score (nSPS) is 12.4. The zero-order valence-corrected chi connectivity index (χ0v) is 12.7. The lowest BCUT2D eigenvalue weighted by atomic mass is 10.1. The summed E-state index contributed by atoms with van der Waals surface area (Å²) in [7, 11) is 1.90. The first kappa shape index (κ1) is 14.9. The highest BCUT2D eigenvalue weighted by Crippen LogP contribution is 2.28. The topological polar surface area (TPSA) is 47.3 Å². The molecule has 20 heavy (non-hydrogen) atoms. The van der Waals surface area contributed by atoms with Gasteiger partial charge in [-0.15, -0.1) is 0 Å². The Hall–Kier alpha value is -1.52. The number of aliphatic hydroxyl groups is 1. The number of rotatable bonds is 5. The molecule has 0 radical (unpaired) electrons. The zero-order valence-electron chi connectivity index (χ0n) is 11.9. The van der Waals surface area contributed by atoms with Crippen LogP contribution in [-0.4, -0.2) is 14.9 Å². The third-order valence-corrected chi connectivity index (χ3v) is 3.42. The van der Waals surface area contributed by atoms with Crippen molar-refractivity contribution in [3.63, 3.8) is 0 Å². The molecule has 1 unspecified atom stereocenters. The van der Waals surface area contributed by atoms with Gasteiger partial charge in [-0.25, -0.2) is 0 Å². The second-order valence-corrected chi connectivity index (χ2v) is 5.19. The Kier molecular flexibility index (Phi) is 4.68. The molecule has 0 saturated carbocycles. The van der Waals surface area contributed by atoms with Crippen LogP contribution in [0.15, 0.2) is 24.3 Å². The molecule has 0 spiro atoms. The van der Waals surface area contributed by atoms with Gasteiger partial charge in [0.15, 0.2) is 0 Å². The van der Waals surface area contributed by atoms with E-state index in [4.69, 9.17) is 16.3 Å². The van der Waals surface area contributed by atoms with Crippen LogP contribution in [0.2, 0.25) is 5.02 Å². The maximum Gasteiger partial charge on any atom is 0.130 e. The SMILES string of the molecule is CCc1cc(COc2ccc(Cl)cc2C(C)O)n(C)n1. The maximum atomic E-state index is 9.77. The second-order valence-electron chi connectivity index (χ2n) is 4.75. The number of hydrogen-bond donors (Lipinski definition) is 1. The van der Waals surface area contributed by atoms with Crippen LogP contribution in [0.5, 0.6) is 5.75 Å². The number of aromatic nitrogens is 2. The molecule has 108 valence electrons. The van der Waals surface area contributed by atoms with E-state index in [1.165, 1.54) is 0 Å². The average molecular weight is 295 g/mol. The van der Waals surface area contributed by atoms with E-state index in [1.807, 2.05) is 17.8 Å². The predicted octanol–water partition coefficient (Wildman–Crippen LogP) is 3.27. The molecular formula is C15H19ClN2O2. The van der Waals surface area contributed by atoms with Gasteiger partial charge in [0.2, 0.25) is 0 Å². The van der Waals surface area contributed by atoms with Gasteiger partial charge in [0.25, 0.3) is 0 Å². The van der Waals surface area contributed by atoms with Gasteiger partial charge in [-0.05, 0) is 37.6 Å². The summed E-state index contributed by atoms with van der Waals surface area (Å²) >= 11 is 5.94. The second kappa shape index (κ2) is 6.29. The van der Waals surface area contributed by atoms with Gasteiger partial charge < -0.3 is 9.84 Å². The molecule has 4 nitrogen and oxygen atoms in total. The Morgan fingerprint density at radius 1 is 1.40 bits per heavy atom. The number of ether oxygens (including phenoxy) is 1. The van der Waals surface area contributed by atoms with Gasteiger partial charge in [0.1, 0.15) is 12.4 Å². The number of aryl methyl sites for hydroxylation is 2. The summed E-state index contributed by atoms with van der Waals surface area (Å²) in [5, 5.41) is 14.7. The molecule has 1 atom stereocenters. The van der Waals surface area contributed by atoms with Crippen LogP contribution in [0.25, 0.3) is 0 Å². The summed E-state index contributed by atoms with van der Waals surface area (Å²) in [6.45, 7) is 4.17. The van der Waals surface area contributed by atoms with Gasteiger partial charge >= 0.3 is 0 Å². The van der Waals surface area contributed by atoms with E-state index in [0.29, 0.717) is 22.9 Å². The first-order chi connectivity index (χ1) is 9.51. The van der Waals surface area contributed by atoms with Gasteiger partial charge in [-0.1, -0.05) is 18.5 Å². The van der Waals surface area contributed by atoms with Crippen LogP contribution in [0, 0.1) is 0 Å². The Morgan fingerprint density at radius 2 is 2.15 bits per heavy atom. The third-order valence-electron chi connectivity index (χ3n) is 3.19. The van der Waals surface area contributed by atoms with E-state index >= 15 is 0 Å². The smallest absolute Gasteiger partial charge is 0.130 e. The summed E-state index contributed by atoms with van der Waals surface area (Å²) in [5.41, 5.74) is 2.72. The first-order valence-corrected chi connectivity index (χ1v) is 7.01. The van der Waals surface area contributed by atoms with Crippen molar-refractivity contribution < 1.29 is 9.84 Å². The standard InChI is InChI=1S/C15H19ClN2O2/c1-4-12-8-13(18(3)17-12)9-20-15-6-5-11(16)7-14(15)10(2)19/h5-8,10,19H,4,9H2,1-3H3. The fourth-order valence-corrected chi connectivity index (χ4v) is 2.19. The monoisotopic (exact) mass is 294 g/mol. The molecule has 0 aliphatic rings. The molecule has 5 heteroatoms. The molecule has 0 fully saturated rings. The highest BCUT2D eigenvalue weighted by atomic mass is 35.5. The van der Waals surface area contributed by atoms with Gasteiger partial charge in [-0.2, -0.15) is 5.10 Å². The third kappa shape index (κ3) is 3.32. The number of aliphatic hydroxyl groups excluding tert-OH is 1. The Balaban J connectivity index is 2.16. The van der Waals surface area contributed by atoms with Crippen molar-refractivity contribution in [3.8, 4) is 5.75 Å². The van der Waals surface area contributed by atoms with Gasteiger partial charge in [0, 0.05) is 17.6 Å². The van der Waals surface area contributed by atoms with Crippen LogP contribution in [0.3, 0.4) is 0 Å². The van der Waals surface area contributed by atoms with Crippen LogP contribution >= 0.6 is 11.6 Å². The molecule has 2 aromatic rings. The number of hydrogen-bond acceptors (Lipinski definition) is 3. The van der Waals surface area contributed by atoms with E-state index in [9.17, 15) is 5.11 Å². The highest BCUT2D eigenvalue weighted by molar-refractivity contribution is 6.30. The molecule has 0 saturated heterocycles. The maximum absolute atomic E-state index is 9.77. The minimum absolute atomic E-state index is 0.408. The minimum atomic E-state index is -0.624. The molecule has 1 aromatic heterocycles. The molecule has 0 bridgehead atoms.